The fraction of sp³-hybridized carbons (Fsp3) is 1.00. The van der Waals surface area contributed by atoms with Crippen molar-refractivity contribution in [1.29, 1.82) is 0 Å². The van der Waals surface area contributed by atoms with Gasteiger partial charge in [0.25, 0.3) is 0 Å². The van der Waals surface area contributed by atoms with Gasteiger partial charge >= 0.3 is 0 Å². The molecule has 0 bridgehead atoms. The Bertz CT molecular complexity index is 249. The van der Waals surface area contributed by atoms with E-state index in [2.05, 4.69) is 19.2 Å². The van der Waals surface area contributed by atoms with Crippen molar-refractivity contribution < 1.29 is 0 Å². The lowest BCUT2D eigenvalue weighted by Crippen LogP contribution is -2.57. The smallest absolute Gasteiger partial charge is 0.00125 e. The highest BCUT2D eigenvalue weighted by molar-refractivity contribution is 5.05. The number of piperidine rings is 1. The van der Waals surface area contributed by atoms with Gasteiger partial charge in [0.1, 0.15) is 0 Å². The normalized spacial score (nSPS) is 34.4. The molecule has 2 aliphatic carbocycles. The van der Waals surface area contributed by atoms with E-state index >= 15 is 0 Å². The first-order chi connectivity index (χ1) is 8.25. The Morgan fingerprint density at radius 2 is 1.59 bits per heavy atom. The highest BCUT2D eigenvalue weighted by Gasteiger charge is 2.54. The van der Waals surface area contributed by atoms with Crippen LogP contribution in [0.15, 0.2) is 0 Å². The van der Waals surface area contributed by atoms with Crippen LogP contribution in [0.5, 0.6) is 0 Å². The van der Waals surface area contributed by atoms with Crippen LogP contribution in [0.3, 0.4) is 0 Å². The number of nitrogens with one attached hydrogen (secondary N) is 1. The molecule has 0 radical (unpaired) electrons. The van der Waals surface area contributed by atoms with E-state index in [9.17, 15) is 0 Å². The Morgan fingerprint density at radius 1 is 1.00 bits per heavy atom. The molecule has 1 saturated heterocycles. The molecular formula is C16H29N. The maximum absolute atomic E-state index is 3.68. The van der Waals surface area contributed by atoms with E-state index in [-0.39, 0.29) is 0 Å². The molecule has 3 fully saturated rings. The molecule has 1 atom stereocenters. The van der Waals surface area contributed by atoms with Gasteiger partial charge in [0.2, 0.25) is 0 Å². The summed E-state index contributed by atoms with van der Waals surface area (Å²) in [5.41, 5.74) is 0.746. The monoisotopic (exact) mass is 235 g/mol. The second kappa shape index (κ2) is 4.57. The fourth-order valence-corrected chi connectivity index (χ4v) is 5.03. The summed E-state index contributed by atoms with van der Waals surface area (Å²) < 4.78 is 0. The van der Waals surface area contributed by atoms with Gasteiger partial charge in [0.05, 0.1) is 0 Å². The first-order valence-corrected chi connectivity index (χ1v) is 7.96. The van der Waals surface area contributed by atoms with Gasteiger partial charge in [-0.15, -0.1) is 0 Å². The average molecular weight is 235 g/mol. The van der Waals surface area contributed by atoms with Crippen LogP contribution < -0.4 is 5.32 Å². The molecule has 0 spiro atoms. The molecule has 98 valence electrons. The molecule has 0 aromatic heterocycles. The summed E-state index contributed by atoms with van der Waals surface area (Å²) in [6, 6.07) is 0. The molecule has 3 rings (SSSR count). The van der Waals surface area contributed by atoms with E-state index in [1.807, 2.05) is 0 Å². The topological polar surface area (TPSA) is 12.0 Å². The van der Waals surface area contributed by atoms with Crippen molar-refractivity contribution in [3.8, 4) is 0 Å². The molecule has 1 aliphatic heterocycles. The van der Waals surface area contributed by atoms with Crippen molar-refractivity contribution in [1.82, 2.24) is 5.32 Å². The number of hydrogen-bond acceptors (Lipinski definition) is 1. The predicted molar refractivity (Wildman–Crippen MR) is 72.9 cm³/mol. The first-order valence-electron chi connectivity index (χ1n) is 7.96. The van der Waals surface area contributed by atoms with Crippen LogP contribution >= 0.6 is 0 Å². The number of hydrogen-bond donors (Lipinski definition) is 1. The zero-order valence-electron chi connectivity index (χ0n) is 11.7. The van der Waals surface area contributed by atoms with Gasteiger partial charge < -0.3 is 5.32 Å². The van der Waals surface area contributed by atoms with E-state index in [4.69, 9.17) is 0 Å². The van der Waals surface area contributed by atoms with Crippen molar-refractivity contribution in [3.63, 3.8) is 0 Å². The minimum Gasteiger partial charge on any atom is -0.316 e. The van der Waals surface area contributed by atoms with Crippen LogP contribution in [0.1, 0.15) is 58.8 Å². The van der Waals surface area contributed by atoms with Crippen LogP contribution in [-0.2, 0) is 0 Å². The Hall–Kier alpha value is -0.0400. The SMILES string of the molecule is CC(C)C1CNCCC1(C1CCC1)C1CCC1. The largest absolute Gasteiger partial charge is 0.316 e. The quantitative estimate of drug-likeness (QED) is 0.784. The molecule has 0 aromatic rings. The summed E-state index contributed by atoms with van der Waals surface area (Å²) in [4.78, 5) is 0. The van der Waals surface area contributed by atoms with Crippen molar-refractivity contribution in [3.05, 3.63) is 0 Å². The maximum atomic E-state index is 3.68. The van der Waals surface area contributed by atoms with Crippen molar-refractivity contribution >= 4 is 0 Å². The minimum absolute atomic E-state index is 0.746. The summed E-state index contributed by atoms with van der Waals surface area (Å²) in [5, 5.41) is 3.68. The standard InChI is InChI=1S/C16H29N/c1-12(2)15-11-17-10-9-16(15,13-5-3-6-13)14-7-4-8-14/h12-15,17H,3-11H2,1-2H3. The second-order valence-electron chi connectivity index (χ2n) is 7.17. The van der Waals surface area contributed by atoms with Gasteiger partial charge in [-0.05, 0) is 74.3 Å². The van der Waals surface area contributed by atoms with E-state index in [0.717, 1.165) is 29.1 Å². The fourth-order valence-electron chi connectivity index (χ4n) is 5.03. The average Bonchev–Trinajstić information content (AvgIpc) is 2.11. The molecule has 2 saturated carbocycles. The van der Waals surface area contributed by atoms with Gasteiger partial charge in [0, 0.05) is 0 Å². The Labute approximate surface area is 107 Å². The second-order valence-corrected chi connectivity index (χ2v) is 7.17. The Balaban J connectivity index is 1.88. The lowest BCUT2D eigenvalue weighted by atomic mass is 9.46. The molecule has 1 nitrogen and oxygen atoms in total. The number of rotatable bonds is 3. The van der Waals surface area contributed by atoms with Crippen LogP contribution in [0.2, 0.25) is 0 Å². The Kier molecular flexibility index (Phi) is 3.23. The van der Waals surface area contributed by atoms with Crippen LogP contribution in [0.4, 0.5) is 0 Å². The Morgan fingerprint density at radius 3 is 2.00 bits per heavy atom. The molecule has 1 heteroatoms. The van der Waals surface area contributed by atoms with Crippen molar-refractivity contribution in [2.45, 2.75) is 58.8 Å². The van der Waals surface area contributed by atoms with E-state index in [1.54, 1.807) is 25.7 Å². The lowest BCUT2D eigenvalue weighted by molar-refractivity contribution is -0.102. The highest BCUT2D eigenvalue weighted by Crippen LogP contribution is 2.60. The van der Waals surface area contributed by atoms with Crippen molar-refractivity contribution in [2.75, 3.05) is 13.1 Å². The summed E-state index contributed by atoms with van der Waals surface area (Å²) in [5.74, 6) is 3.99. The molecule has 0 amide bonds. The minimum atomic E-state index is 0.746. The molecule has 0 aromatic carbocycles. The lowest BCUT2D eigenvalue weighted by Gasteiger charge is -2.60. The molecule has 1 heterocycles. The molecule has 3 aliphatic rings. The third kappa shape index (κ3) is 1.77. The molecular weight excluding hydrogens is 206 g/mol. The highest BCUT2D eigenvalue weighted by atomic mass is 14.9. The van der Waals surface area contributed by atoms with Crippen LogP contribution in [0.25, 0.3) is 0 Å². The third-order valence-corrected chi connectivity index (χ3v) is 6.32. The zero-order chi connectivity index (χ0) is 11.9. The first kappa shape index (κ1) is 12.0. The van der Waals surface area contributed by atoms with Gasteiger partial charge in [-0.2, -0.15) is 0 Å². The molecule has 1 N–H and O–H groups in total. The zero-order valence-corrected chi connectivity index (χ0v) is 11.7. The summed E-state index contributed by atoms with van der Waals surface area (Å²) in [6.07, 6.45) is 10.7. The van der Waals surface area contributed by atoms with E-state index in [1.165, 1.54) is 32.4 Å². The molecule has 17 heavy (non-hydrogen) atoms. The maximum Gasteiger partial charge on any atom is -0.00125 e. The van der Waals surface area contributed by atoms with E-state index in [0.29, 0.717) is 0 Å². The van der Waals surface area contributed by atoms with Gasteiger partial charge in [0.15, 0.2) is 0 Å². The van der Waals surface area contributed by atoms with Gasteiger partial charge in [-0.25, -0.2) is 0 Å². The summed E-state index contributed by atoms with van der Waals surface area (Å²) >= 11 is 0. The van der Waals surface area contributed by atoms with Crippen molar-refractivity contribution in [2.24, 2.45) is 29.1 Å². The van der Waals surface area contributed by atoms with Gasteiger partial charge in [-0.1, -0.05) is 26.7 Å². The molecule has 1 unspecified atom stereocenters. The summed E-state index contributed by atoms with van der Waals surface area (Å²) in [6.45, 7) is 7.51. The van der Waals surface area contributed by atoms with Crippen LogP contribution in [0, 0.1) is 29.1 Å². The predicted octanol–water partition coefficient (Wildman–Crippen LogP) is 3.84. The van der Waals surface area contributed by atoms with Gasteiger partial charge in [-0.3, -0.25) is 0 Å². The summed E-state index contributed by atoms with van der Waals surface area (Å²) in [7, 11) is 0. The van der Waals surface area contributed by atoms with E-state index < -0.39 is 0 Å². The van der Waals surface area contributed by atoms with Crippen LogP contribution in [-0.4, -0.2) is 13.1 Å². The third-order valence-electron chi connectivity index (χ3n) is 6.32.